The molecule has 0 radical (unpaired) electrons. The zero-order valence-electron chi connectivity index (χ0n) is 26.3. The minimum Gasteiger partial charge on any atom is -0.490 e. The Morgan fingerprint density at radius 1 is 0.571 bits per heavy atom. The molecule has 2 heteroatoms. The quantitative estimate of drug-likeness (QED) is 0.320. The van der Waals surface area contributed by atoms with Gasteiger partial charge >= 0.3 is 0 Å². The summed E-state index contributed by atoms with van der Waals surface area (Å²) in [7, 11) is 0. The highest BCUT2D eigenvalue weighted by Crippen LogP contribution is 2.68. The summed E-state index contributed by atoms with van der Waals surface area (Å²) >= 11 is 0. The molecule has 1 atom stereocenters. The molecule has 12 saturated carbocycles. The van der Waals surface area contributed by atoms with E-state index in [1.54, 1.807) is 36.0 Å². The zero-order chi connectivity index (χ0) is 27.4. The van der Waals surface area contributed by atoms with Crippen molar-refractivity contribution < 1.29 is 9.47 Å². The van der Waals surface area contributed by atoms with E-state index >= 15 is 0 Å². The van der Waals surface area contributed by atoms with Crippen LogP contribution in [-0.2, 0) is 21.0 Å². The SMILES string of the molecule is Cc1c(C23CC4CC(CC(C4)C2)C3)cc(C23CC4CC(CC(C4)C2)C3)c(OCC2CO2)c1C12CC3CC(CC(C3)C1)C2. The third-order valence-corrected chi connectivity index (χ3v) is 16.1. The van der Waals surface area contributed by atoms with Crippen molar-refractivity contribution in [3.63, 3.8) is 0 Å². The molecule has 42 heavy (non-hydrogen) atoms. The van der Waals surface area contributed by atoms with Gasteiger partial charge in [-0.2, -0.15) is 0 Å². The number of hydrogen-bond acceptors (Lipinski definition) is 2. The predicted octanol–water partition coefficient (Wildman–Crippen LogP) is 9.18. The highest BCUT2D eigenvalue weighted by Gasteiger charge is 2.59. The maximum absolute atomic E-state index is 7.30. The number of rotatable bonds is 6. The van der Waals surface area contributed by atoms with Gasteiger partial charge in [-0.3, -0.25) is 0 Å². The molecule has 0 aromatic heterocycles. The van der Waals surface area contributed by atoms with E-state index in [1.807, 2.05) is 5.56 Å². The van der Waals surface area contributed by atoms with Gasteiger partial charge in [0.15, 0.2) is 0 Å². The fraction of sp³-hybridized carbons (Fsp3) is 0.850. The van der Waals surface area contributed by atoms with E-state index in [1.165, 1.54) is 102 Å². The van der Waals surface area contributed by atoms with Gasteiger partial charge in [-0.15, -0.1) is 0 Å². The first-order valence-electron chi connectivity index (χ1n) is 18.9. The van der Waals surface area contributed by atoms with Crippen molar-refractivity contribution in [2.75, 3.05) is 13.2 Å². The molecule has 226 valence electrons. The van der Waals surface area contributed by atoms with E-state index < -0.39 is 0 Å². The molecule has 12 bridgehead atoms. The molecule has 1 aliphatic heterocycles. The van der Waals surface area contributed by atoms with Gasteiger partial charge in [-0.05, 0) is 198 Å². The fourth-order valence-corrected chi connectivity index (χ4v) is 16.1. The lowest BCUT2D eigenvalue weighted by atomic mass is 9.44. The van der Waals surface area contributed by atoms with Gasteiger partial charge in [-0.1, -0.05) is 6.07 Å². The fourth-order valence-electron chi connectivity index (χ4n) is 16.1. The second kappa shape index (κ2) is 8.41. The molecule has 14 rings (SSSR count). The Bertz CT molecular complexity index is 1210. The van der Waals surface area contributed by atoms with Crippen molar-refractivity contribution in [3.8, 4) is 5.75 Å². The van der Waals surface area contributed by atoms with Crippen LogP contribution < -0.4 is 4.74 Å². The van der Waals surface area contributed by atoms with Crippen molar-refractivity contribution in [3.05, 3.63) is 28.3 Å². The predicted molar refractivity (Wildman–Crippen MR) is 166 cm³/mol. The molecule has 13 fully saturated rings. The second-order valence-electron chi connectivity index (χ2n) is 19.2. The summed E-state index contributed by atoms with van der Waals surface area (Å²) in [6.07, 6.45) is 27.4. The van der Waals surface area contributed by atoms with Crippen LogP contribution in [0.25, 0.3) is 0 Å². The van der Waals surface area contributed by atoms with Crippen LogP contribution in [0.2, 0.25) is 0 Å². The van der Waals surface area contributed by atoms with Gasteiger partial charge in [0.2, 0.25) is 0 Å². The number of benzene rings is 1. The molecule has 0 amide bonds. The smallest absolute Gasteiger partial charge is 0.127 e. The van der Waals surface area contributed by atoms with Crippen molar-refractivity contribution in [1.29, 1.82) is 0 Å². The maximum atomic E-state index is 7.30. The normalized spacial score (nSPS) is 53.7. The Kier molecular flexibility index (Phi) is 5.05. The van der Waals surface area contributed by atoms with Crippen molar-refractivity contribution in [2.24, 2.45) is 53.3 Å². The average Bonchev–Trinajstić information content (AvgIpc) is 3.74. The molecule has 0 spiro atoms. The summed E-state index contributed by atoms with van der Waals surface area (Å²) in [6, 6.07) is 2.92. The van der Waals surface area contributed by atoms with E-state index in [0.29, 0.717) is 22.3 Å². The molecule has 1 unspecified atom stereocenters. The molecular formula is C40H54O2. The third kappa shape index (κ3) is 3.54. The van der Waals surface area contributed by atoms with Crippen LogP contribution in [0.4, 0.5) is 0 Å². The first-order valence-corrected chi connectivity index (χ1v) is 18.9. The van der Waals surface area contributed by atoms with Gasteiger partial charge in [0.05, 0.1) is 6.61 Å². The topological polar surface area (TPSA) is 21.8 Å². The molecular weight excluding hydrogens is 512 g/mol. The average molecular weight is 567 g/mol. The number of ether oxygens (including phenoxy) is 2. The van der Waals surface area contributed by atoms with Gasteiger partial charge in [0.25, 0.3) is 0 Å². The lowest BCUT2D eigenvalue weighted by molar-refractivity contribution is -0.0139. The van der Waals surface area contributed by atoms with Gasteiger partial charge in [0, 0.05) is 16.5 Å². The lowest BCUT2D eigenvalue weighted by Crippen LogP contribution is -2.52. The Hall–Kier alpha value is -1.02. The van der Waals surface area contributed by atoms with Crippen LogP contribution in [0, 0.1) is 60.2 Å². The summed E-state index contributed by atoms with van der Waals surface area (Å²) in [5.74, 6) is 10.3. The minimum atomic E-state index is 0.335. The molecule has 0 N–H and O–H groups in total. The second-order valence-corrected chi connectivity index (χ2v) is 19.2. The highest BCUT2D eigenvalue weighted by molar-refractivity contribution is 5.60. The Morgan fingerprint density at radius 3 is 1.31 bits per heavy atom. The lowest BCUT2D eigenvalue weighted by Gasteiger charge is -2.61. The van der Waals surface area contributed by atoms with Gasteiger partial charge < -0.3 is 9.47 Å². The van der Waals surface area contributed by atoms with E-state index in [-0.39, 0.29) is 0 Å². The molecule has 1 heterocycles. The van der Waals surface area contributed by atoms with Crippen molar-refractivity contribution in [1.82, 2.24) is 0 Å². The maximum Gasteiger partial charge on any atom is 0.127 e. The van der Waals surface area contributed by atoms with Gasteiger partial charge in [-0.25, -0.2) is 0 Å². The summed E-state index contributed by atoms with van der Waals surface area (Å²) in [5, 5.41) is 0. The molecule has 1 aromatic carbocycles. The van der Waals surface area contributed by atoms with Gasteiger partial charge in [0.1, 0.15) is 18.5 Å². The largest absolute Gasteiger partial charge is 0.490 e. The molecule has 1 saturated heterocycles. The van der Waals surface area contributed by atoms with Crippen LogP contribution in [0.3, 0.4) is 0 Å². The van der Waals surface area contributed by atoms with E-state index in [2.05, 4.69) is 13.0 Å². The third-order valence-electron chi connectivity index (χ3n) is 16.1. The van der Waals surface area contributed by atoms with E-state index in [4.69, 9.17) is 9.47 Å². The van der Waals surface area contributed by atoms with Crippen molar-refractivity contribution >= 4 is 0 Å². The molecule has 1 aromatic rings. The van der Waals surface area contributed by atoms with Crippen LogP contribution in [0.5, 0.6) is 5.75 Å². The van der Waals surface area contributed by atoms with Crippen molar-refractivity contribution in [2.45, 2.75) is 145 Å². The molecule has 12 aliphatic carbocycles. The Morgan fingerprint density at radius 2 is 0.929 bits per heavy atom. The first kappa shape index (κ1) is 25.2. The molecule has 13 aliphatic rings. The summed E-state index contributed by atoms with van der Waals surface area (Å²) in [6.45, 7) is 4.32. The van der Waals surface area contributed by atoms with Crippen LogP contribution in [0.15, 0.2) is 6.07 Å². The summed E-state index contributed by atoms with van der Waals surface area (Å²) in [5.41, 5.74) is 8.38. The van der Waals surface area contributed by atoms with E-state index in [9.17, 15) is 0 Å². The Labute approximate surface area is 254 Å². The monoisotopic (exact) mass is 566 g/mol. The summed E-state index contributed by atoms with van der Waals surface area (Å²) < 4.78 is 13.1. The minimum absolute atomic E-state index is 0.335. The van der Waals surface area contributed by atoms with Crippen LogP contribution >= 0.6 is 0 Å². The first-order chi connectivity index (χ1) is 20.4. The van der Waals surface area contributed by atoms with E-state index in [0.717, 1.165) is 66.5 Å². The summed E-state index contributed by atoms with van der Waals surface area (Å²) in [4.78, 5) is 0. The number of hydrogen-bond donors (Lipinski definition) is 0. The zero-order valence-corrected chi connectivity index (χ0v) is 26.3. The number of epoxide rings is 1. The Balaban J connectivity index is 1.15. The van der Waals surface area contributed by atoms with Crippen LogP contribution in [0.1, 0.15) is 138 Å². The molecule has 2 nitrogen and oxygen atoms in total. The standard InChI is InChI=1S/C40H54O2/c1-23-34(38-12-24-2-25(13-38)4-26(3-24)14-38)11-35(39-15-27-5-28(16-39)7-29(6-27)17-39)37(42-22-33-21-41-33)36(23)40-18-30-8-31(19-40)10-32(9-30)20-40/h11,24-33H,2-10,12-22H2,1H3. The van der Waals surface area contributed by atoms with Crippen LogP contribution in [-0.4, -0.2) is 19.3 Å². The highest BCUT2D eigenvalue weighted by atomic mass is 16.6.